The van der Waals surface area contributed by atoms with Crippen LogP contribution in [-0.2, 0) is 6.42 Å². The molecule has 1 atom stereocenters. The molecule has 3 heteroatoms. The third kappa shape index (κ3) is 4.01. The number of hydrogen-bond acceptors (Lipinski definition) is 1. The lowest BCUT2D eigenvalue weighted by molar-refractivity contribution is 0.606. The van der Waals surface area contributed by atoms with Crippen LogP contribution >= 0.6 is 23.2 Å². The molecule has 1 aromatic carbocycles. The van der Waals surface area contributed by atoms with Crippen LogP contribution in [0.3, 0.4) is 0 Å². The zero-order chi connectivity index (χ0) is 13.0. The Morgan fingerprint density at radius 2 is 1.94 bits per heavy atom. The van der Waals surface area contributed by atoms with E-state index in [2.05, 4.69) is 6.08 Å². The molecule has 0 spiro atoms. The van der Waals surface area contributed by atoms with Crippen molar-refractivity contribution in [1.29, 1.82) is 0 Å². The first-order chi connectivity index (χ1) is 8.65. The molecule has 0 amide bonds. The summed E-state index contributed by atoms with van der Waals surface area (Å²) in [5, 5.41) is 1.21. The van der Waals surface area contributed by atoms with Crippen molar-refractivity contribution < 1.29 is 0 Å². The van der Waals surface area contributed by atoms with E-state index in [1.807, 2.05) is 18.2 Å². The van der Waals surface area contributed by atoms with Crippen LogP contribution in [0.4, 0.5) is 0 Å². The molecule has 1 unspecified atom stereocenters. The highest BCUT2D eigenvalue weighted by molar-refractivity contribution is 6.42. The Morgan fingerprint density at radius 1 is 1.11 bits per heavy atom. The monoisotopic (exact) mass is 283 g/mol. The van der Waals surface area contributed by atoms with E-state index < -0.39 is 0 Å². The average molecular weight is 284 g/mol. The highest BCUT2D eigenvalue weighted by atomic mass is 35.5. The van der Waals surface area contributed by atoms with E-state index in [-0.39, 0.29) is 6.04 Å². The van der Waals surface area contributed by atoms with Gasteiger partial charge in [0.2, 0.25) is 0 Å². The van der Waals surface area contributed by atoms with Gasteiger partial charge in [-0.3, -0.25) is 0 Å². The van der Waals surface area contributed by atoms with E-state index in [0.29, 0.717) is 10.0 Å². The molecule has 0 aliphatic heterocycles. The fraction of sp³-hybridized carbons (Fsp3) is 0.467. The van der Waals surface area contributed by atoms with Crippen LogP contribution in [-0.4, -0.2) is 6.04 Å². The minimum Gasteiger partial charge on any atom is -0.327 e. The summed E-state index contributed by atoms with van der Waals surface area (Å²) in [7, 11) is 0. The number of allylic oxidation sites excluding steroid dienone is 1. The summed E-state index contributed by atoms with van der Waals surface area (Å²) in [6, 6.07) is 5.93. The Bertz CT molecular complexity index is 440. The fourth-order valence-electron chi connectivity index (χ4n) is 2.47. The van der Waals surface area contributed by atoms with Gasteiger partial charge in [0.1, 0.15) is 0 Å². The van der Waals surface area contributed by atoms with Gasteiger partial charge in [0.05, 0.1) is 10.0 Å². The first-order valence-corrected chi connectivity index (χ1v) is 7.28. The van der Waals surface area contributed by atoms with Gasteiger partial charge in [-0.25, -0.2) is 0 Å². The SMILES string of the molecule is NC(CC1=CCCCC1)Cc1ccc(Cl)c(Cl)c1. The minimum absolute atomic E-state index is 0.173. The molecule has 2 rings (SSSR count). The molecule has 1 aliphatic carbocycles. The van der Waals surface area contributed by atoms with Gasteiger partial charge in [-0.15, -0.1) is 0 Å². The standard InChI is InChI=1S/C15H19Cl2N/c16-14-7-6-12(10-15(14)17)9-13(18)8-11-4-2-1-3-5-11/h4,6-7,10,13H,1-3,5,8-9,18H2. The Kier molecular flexibility index (Phi) is 5.11. The molecule has 0 aromatic heterocycles. The molecule has 1 aromatic rings. The molecular formula is C15H19Cl2N. The Hall–Kier alpha value is -0.500. The van der Waals surface area contributed by atoms with Gasteiger partial charge in [-0.1, -0.05) is 40.9 Å². The lowest BCUT2D eigenvalue weighted by Crippen LogP contribution is -2.23. The average Bonchev–Trinajstić information content (AvgIpc) is 2.35. The third-order valence-electron chi connectivity index (χ3n) is 3.39. The maximum atomic E-state index is 6.21. The molecule has 0 saturated carbocycles. The second kappa shape index (κ2) is 6.60. The van der Waals surface area contributed by atoms with Gasteiger partial charge in [-0.05, 0) is 56.2 Å². The number of benzene rings is 1. The summed E-state index contributed by atoms with van der Waals surface area (Å²) in [5.41, 5.74) is 8.89. The lowest BCUT2D eigenvalue weighted by atomic mass is 9.92. The Balaban J connectivity index is 1.92. The second-order valence-electron chi connectivity index (χ2n) is 5.02. The van der Waals surface area contributed by atoms with E-state index in [1.165, 1.54) is 31.3 Å². The highest BCUT2D eigenvalue weighted by Gasteiger charge is 2.10. The van der Waals surface area contributed by atoms with E-state index >= 15 is 0 Å². The molecule has 1 nitrogen and oxygen atoms in total. The van der Waals surface area contributed by atoms with Crippen molar-refractivity contribution in [3.8, 4) is 0 Å². The summed E-state index contributed by atoms with van der Waals surface area (Å²) in [6.45, 7) is 0. The van der Waals surface area contributed by atoms with Crippen LogP contribution in [0.15, 0.2) is 29.8 Å². The molecule has 2 N–H and O–H groups in total. The number of nitrogens with two attached hydrogens (primary N) is 1. The first kappa shape index (κ1) is 13.9. The molecule has 0 fully saturated rings. The van der Waals surface area contributed by atoms with Crippen molar-refractivity contribution in [3.05, 3.63) is 45.5 Å². The smallest absolute Gasteiger partial charge is 0.0595 e. The molecular weight excluding hydrogens is 265 g/mol. The minimum atomic E-state index is 0.173. The van der Waals surface area contributed by atoms with Crippen molar-refractivity contribution in [3.63, 3.8) is 0 Å². The summed E-state index contributed by atoms with van der Waals surface area (Å²) >= 11 is 11.9. The summed E-state index contributed by atoms with van der Waals surface area (Å²) in [5.74, 6) is 0. The van der Waals surface area contributed by atoms with Gasteiger partial charge in [0.25, 0.3) is 0 Å². The van der Waals surface area contributed by atoms with Crippen LogP contribution < -0.4 is 5.73 Å². The predicted molar refractivity (Wildman–Crippen MR) is 79.3 cm³/mol. The van der Waals surface area contributed by atoms with Crippen LogP contribution in [0.1, 0.15) is 37.7 Å². The van der Waals surface area contributed by atoms with E-state index in [9.17, 15) is 0 Å². The molecule has 0 bridgehead atoms. The molecule has 18 heavy (non-hydrogen) atoms. The molecule has 0 radical (unpaired) electrons. The van der Waals surface area contributed by atoms with Crippen LogP contribution in [0.25, 0.3) is 0 Å². The van der Waals surface area contributed by atoms with Gasteiger partial charge in [-0.2, -0.15) is 0 Å². The molecule has 98 valence electrons. The molecule has 0 heterocycles. The summed E-state index contributed by atoms with van der Waals surface area (Å²) < 4.78 is 0. The normalized spacial score (nSPS) is 17.4. The maximum Gasteiger partial charge on any atom is 0.0595 e. The van der Waals surface area contributed by atoms with E-state index in [1.54, 1.807) is 0 Å². The summed E-state index contributed by atoms with van der Waals surface area (Å²) in [6.07, 6.45) is 9.29. The van der Waals surface area contributed by atoms with Gasteiger partial charge in [0, 0.05) is 6.04 Å². The van der Waals surface area contributed by atoms with Crippen molar-refractivity contribution >= 4 is 23.2 Å². The first-order valence-electron chi connectivity index (χ1n) is 6.52. The van der Waals surface area contributed by atoms with Crippen LogP contribution in [0.2, 0.25) is 10.0 Å². The summed E-state index contributed by atoms with van der Waals surface area (Å²) in [4.78, 5) is 0. The van der Waals surface area contributed by atoms with Crippen molar-refractivity contribution in [2.24, 2.45) is 5.73 Å². The zero-order valence-electron chi connectivity index (χ0n) is 10.5. The van der Waals surface area contributed by atoms with Gasteiger partial charge in [0.15, 0.2) is 0 Å². The topological polar surface area (TPSA) is 26.0 Å². The number of hydrogen-bond donors (Lipinski definition) is 1. The fourth-order valence-corrected chi connectivity index (χ4v) is 2.79. The number of rotatable bonds is 4. The Morgan fingerprint density at radius 3 is 2.61 bits per heavy atom. The molecule has 1 aliphatic rings. The highest BCUT2D eigenvalue weighted by Crippen LogP contribution is 2.25. The molecule has 0 saturated heterocycles. The number of halogens is 2. The van der Waals surface area contributed by atoms with Crippen LogP contribution in [0.5, 0.6) is 0 Å². The largest absolute Gasteiger partial charge is 0.327 e. The quantitative estimate of drug-likeness (QED) is 0.793. The van der Waals surface area contributed by atoms with E-state index in [0.717, 1.165) is 18.4 Å². The van der Waals surface area contributed by atoms with Crippen molar-refractivity contribution in [2.75, 3.05) is 0 Å². The Labute approximate surface area is 119 Å². The maximum absolute atomic E-state index is 6.21. The van der Waals surface area contributed by atoms with Gasteiger partial charge < -0.3 is 5.73 Å². The van der Waals surface area contributed by atoms with E-state index in [4.69, 9.17) is 28.9 Å². The lowest BCUT2D eigenvalue weighted by Gasteiger charge is -2.17. The zero-order valence-corrected chi connectivity index (χ0v) is 12.0. The second-order valence-corrected chi connectivity index (χ2v) is 5.84. The van der Waals surface area contributed by atoms with Gasteiger partial charge >= 0.3 is 0 Å². The van der Waals surface area contributed by atoms with Crippen LogP contribution in [0, 0.1) is 0 Å². The van der Waals surface area contributed by atoms with Crippen molar-refractivity contribution in [2.45, 2.75) is 44.6 Å². The van der Waals surface area contributed by atoms with Crippen molar-refractivity contribution in [1.82, 2.24) is 0 Å². The third-order valence-corrected chi connectivity index (χ3v) is 4.13. The predicted octanol–water partition coefficient (Wildman–Crippen LogP) is 4.75.